The number of aryl methyl sites for hydroxylation is 1. The summed E-state index contributed by atoms with van der Waals surface area (Å²) in [6.45, 7) is 7.33. The van der Waals surface area contributed by atoms with Crippen LogP contribution in [0.4, 0.5) is 14.5 Å². The number of aromatic nitrogens is 1. The second kappa shape index (κ2) is 5.41. The van der Waals surface area contributed by atoms with E-state index >= 15 is 0 Å². The number of pyridine rings is 1. The third kappa shape index (κ3) is 2.41. The minimum absolute atomic E-state index is 0.0608. The molecule has 0 aliphatic rings. The van der Waals surface area contributed by atoms with E-state index in [1.165, 1.54) is 12.1 Å². The van der Waals surface area contributed by atoms with Crippen molar-refractivity contribution in [3.8, 4) is 11.3 Å². The molecule has 1 aromatic carbocycles. The first-order valence-corrected chi connectivity index (χ1v) is 6.35. The van der Waals surface area contributed by atoms with E-state index < -0.39 is 11.6 Å². The lowest BCUT2D eigenvalue weighted by molar-refractivity contribution is 0.605. The highest BCUT2D eigenvalue weighted by atomic mass is 19.1. The van der Waals surface area contributed by atoms with Gasteiger partial charge in [0.15, 0.2) is 5.82 Å². The zero-order chi connectivity index (χ0) is 14.9. The van der Waals surface area contributed by atoms with E-state index in [4.69, 9.17) is 5.73 Å². The monoisotopic (exact) mass is 274 g/mol. The van der Waals surface area contributed by atoms with Crippen molar-refractivity contribution in [1.82, 2.24) is 4.98 Å². The number of halogens is 2. The Morgan fingerprint density at radius 1 is 1.30 bits per heavy atom. The quantitative estimate of drug-likeness (QED) is 0.910. The van der Waals surface area contributed by atoms with Gasteiger partial charge >= 0.3 is 0 Å². The standard InChI is InChI=1S/C16H16F2N2/c1-4-10-6-5-7-11(14(10)17)16-15(18)12(19)8-13(20-16)9(2)3/h5-8H,2,4H2,1,3H3,(H2,19,20). The molecule has 2 N–H and O–H groups in total. The van der Waals surface area contributed by atoms with Crippen molar-refractivity contribution < 1.29 is 8.78 Å². The number of hydrogen-bond acceptors (Lipinski definition) is 2. The fraction of sp³-hybridized carbons (Fsp3) is 0.188. The number of rotatable bonds is 3. The summed E-state index contributed by atoms with van der Waals surface area (Å²) in [5.41, 5.74) is 7.25. The maximum atomic E-state index is 14.3. The van der Waals surface area contributed by atoms with E-state index in [1.54, 1.807) is 19.1 Å². The molecule has 104 valence electrons. The Bertz CT molecular complexity index is 678. The van der Waals surface area contributed by atoms with Crippen LogP contribution < -0.4 is 5.73 Å². The van der Waals surface area contributed by atoms with Crippen LogP contribution in [0.2, 0.25) is 0 Å². The third-order valence-corrected chi connectivity index (χ3v) is 3.14. The summed E-state index contributed by atoms with van der Waals surface area (Å²) in [4.78, 5) is 4.14. The number of anilines is 1. The van der Waals surface area contributed by atoms with Gasteiger partial charge in [-0.25, -0.2) is 13.8 Å². The number of allylic oxidation sites excluding steroid dienone is 1. The maximum Gasteiger partial charge on any atom is 0.172 e. The van der Waals surface area contributed by atoms with E-state index in [9.17, 15) is 8.78 Å². The molecule has 1 heterocycles. The van der Waals surface area contributed by atoms with Gasteiger partial charge in [-0.15, -0.1) is 0 Å². The summed E-state index contributed by atoms with van der Waals surface area (Å²) < 4.78 is 28.5. The summed E-state index contributed by atoms with van der Waals surface area (Å²) in [6.07, 6.45) is 0.525. The summed E-state index contributed by atoms with van der Waals surface area (Å²) >= 11 is 0. The number of benzene rings is 1. The van der Waals surface area contributed by atoms with Gasteiger partial charge in [0.1, 0.15) is 11.5 Å². The van der Waals surface area contributed by atoms with Crippen LogP contribution in [-0.2, 0) is 6.42 Å². The summed E-state index contributed by atoms with van der Waals surface area (Å²) in [5.74, 6) is -1.16. The van der Waals surface area contributed by atoms with Crippen LogP contribution in [0.3, 0.4) is 0 Å². The van der Waals surface area contributed by atoms with Gasteiger partial charge in [-0.2, -0.15) is 0 Å². The van der Waals surface area contributed by atoms with Crippen LogP contribution in [0.25, 0.3) is 16.8 Å². The van der Waals surface area contributed by atoms with Crippen molar-refractivity contribution in [1.29, 1.82) is 0 Å². The van der Waals surface area contributed by atoms with Gasteiger partial charge in [0, 0.05) is 5.56 Å². The van der Waals surface area contributed by atoms with E-state index in [2.05, 4.69) is 11.6 Å². The van der Waals surface area contributed by atoms with Gasteiger partial charge in [-0.05, 0) is 36.6 Å². The molecule has 0 fully saturated rings. The molecule has 0 spiro atoms. The zero-order valence-corrected chi connectivity index (χ0v) is 11.5. The van der Waals surface area contributed by atoms with Crippen molar-refractivity contribution in [2.45, 2.75) is 20.3 Å². The van der Waals surface area contributed by atoms with Crippen molar-refractivity contribution in [2.75, 3.05) is 5.73 Å². The summed E-state index contributed by atoms with van der Waals surface area (Å²) in [7, 11) is 0. The largest absolute Gasteiger partial charge is 0.396 e. The molecule has 0 aliphatic heterocycles. The van der Waals surface area contributed by atoms with Gasteiger partial charge in [-0.3, -0.25) is 0 Å². The highest BCUT2D eigenvalue weighted by molar-refractivity contribution is 5.71. The Balaban J connectivity index is 2.72. The highest BCUT2D eigenvalue weighted by Crippen LogP contribution is 2.30. The molecule has 2 nitrogen and oxygen atoms in total. The van der Waals surface area contributed by atoms with Gasteiger partial charge < -0.3 is 5.73 Å². The lowest BCUT2D eigenvalue weighted by atomic mass is 10.0. The highest BCUT2D eigenvalue weighted by Gasteiger charge is 2.17. The Hall–Kier alpha value is -2.23. The smallest absolute Gasteiger partial charge is 0.172 e. The molecule has 2 rings (SSSR count). The first-order valence-electron chi connectivity index (χ1n) is 6.35. The average molecular weight is 274 g/mol. The van der Waals surface area contributed by atoms with Gasteiger partial charge in [0.2, 0.25) is 0 Å². The molecule has 0 saturated carbocycles. The maximum absolute atomic E-state index is 14.3. The molecule has 0 saturated heterocycles. The van der Waals surface area contributed by atoms with Crippen LogP contribution in [0.1, 0.15) is 25.1 Å². The van der Waals surface area contributed by atoms with Gasteiger partial charge in [0.05, 0.1) is 11.4 Å². The minimum Gasteiger partial charge on any atom is -0.396 e. The lowest BCUT2D eigenvalue weighted by Crippen LogP contribution is -2.02. The van der Waals surface area contributed by atoms with Crippen molar-refractivity contribution in [2.24, 2.45) is 0 Å². The molecule has 0 unspecified atom stereocenters. The number of hydrogen-bond donors (Lipinski definition) is 1. The topological polar surface area (TPSA) is 38.9 Å². The molecule has 2 aromatic rings. The number of nitrogens with two attached hydrogens (primary N) is 1. The first-order chi connectivity index (χ1) is 9.45. The summed E-state index contributed by atoms with van der Waals surface area (Å²) in [5, 5.41) is 0. The molecule has 20 heavy (non-hydrogen) atoms. The first kappa shape index (κ1) is 14.2. The minimum atomic E-state index is -0.706. The molecule has 0 radical (unpaired) electrons. The van der Waals surface area contributed by atoms with Crippen LogP contribution in [-0.4, -0.2) is 4.98 Å². The predicted octanol–water partition coefficient (Wildman–Crippen LogP) is 4.20. The average Bonchev–Trinajstić information content (AvgIpc) is 2.42. The van der Waals surface area contributed by atoms with Crippen molar-refractivity contribution in [3.05, 3.63) is 53.7 Å². The number of nitrogens with zero attached hydrogens (tertiary/aromatic N) is 1. The molecule has 1 aromatic heterocycles. The fourth-order valence-corrected chi connectivity index (χ4v) is 1.98. The molecular formula is C16H16F2N2. The molecule has 4 heteroatoms. The molecule has 0 atom stereocenters. The Labute approximate surface area is 117 Å². The van der Waals surface area contributed by atoms with Crippen LogP contribution in [0, 0.1) is 11.6 Å². The van der Waals surface area contributed by atoms with Gasteiger partial charge in [-0.1, -0.05) is 25.6 Å². The predicted molar refractivity (Wildman–Crippen MR) is 78.1 cm³/mol. The normalized spacial score (nSPS) is 10.6. The van der Waals surface area contributed by atoms with E-state index in [1.807, 2.05) is 6.92 Å². The summed E-state index contributed by atoms with van der Waals surface area (Å²) in [6, 6.07) is 6.26. The van der Waals surface area contributed by atoms with E-state index in [-0.39, 0.29) is 16.9 Å². The van der Waals surface area contributed by atoms with E-state index in [0.717, 1.165) is 0 Å². The lowest BCUT2D eigenvalue weighted by Gasteiger charge is -2.11. The zero-order valence-electron chi connectivity index (χ0n) is 11.5. The van der Waals surface area contributed by atoms with E-state index in [0.29, 0.717) is 23.3 Å². The Morgan fingerprint density at radius 2 is 2.00 bits per heavy atom. The fourth-order valence-electron chi connectivity index (χ4n) is 1.98. The molecule has 0 amide bonds. The second-order valence-corrected chi connectivity index (χ2v) is 4.67. The second-order valence-electron chi connectivity index (χ2n) is 4.67. The molecular weight excluding hydrogens is 258 g/mol. The van der Waals surface area contributed by atoms with Gasteiger partial charge in [0.25, 0.3) is 0 Å². The van der Waals surface area contributed by atoms with Crippen molar-refractivity contribution in [3.63, 3.8) is 0 Å². The third-order valence-electron chi connectivity index (χ3n) is 3.14. The number of nitrogen functional groups attached to an aromatic ring is 1. The van der Waals surface area contributed by atoms with Crippen molar-refractivity contribution >= 4 is 11.3 Å². The van der Waals surface area contributed by atoms with Crippen LogP contribution in [0.15, 0.2) is 30.8 Å². The van der Waals surface area contributed by atoms with Crippen LogP contribution >= 0.6 is 0 Å². The molecule has 0 aliphatic carbocycles. The Morgan fingerprint density at radius 3 is 2.60 bits per heavy atom. The van der Waals surface area contributed by atoms with Crippen LogP contribution in [0.5, 0.6) is 0 Å². The molecule has 0 bridgehead atoms. The SMILES string of the molecule is C=C(C)c1cc(N)c(F)c(-c2cccc(CC)c2F)n1. The Kier molecular flexibility index (Phi) is 3.84.